The van der Waals surface area contributed by atoms with Gasteiger partial charge in [-0.3, -0.25) is 0 Å². The van der Waals surface area contributed by atoms with E-state index in [2.05, 4.69) is 41.5 Å². The fourth-order valence-electron chi connectivity index (χ4n) is 2.89. The van der Waals surface area contributed by atoms with E-state index >= 15 is 0 Å². The van der Waals surface area contributed by atoms with Crippen molar-refractivity contribution >= 4 is 16.6 Å². The summed E-state index contributed by atoms with van der Waals surface area (Å²) in [6.07, 6.45) is 2.33. The van der Waals surface area contributed by atoms with Crippen LogP contribution in [0.4, 0.5) is 0 Å². The highest BCUT2D eigenvalue weighted by molar-refractivity contribution is 6.73. The highest BCUT2D eigenvalue weighted by Crippen LogP contribution is 2.23. The van der Waals surface area contributed by atoms with E-state index in [1.807, 2.05) is 0 Å². The van der Waals surface area contributed by atoms with E-state index in [9.17, 15) is 0 Å². The summed E-state index contributed by atoms with van der Waals surface area (Å²) in [6.45, 7) is 15.7. The molecule has 122 valence electrons. The second kappa shape index (κ2) is 11.0. The molecule has 0 radical (unpaired) electrons. The zero-order valence-electron chi connectivity index (χ0n) is 14.9. The minimum atomic E-state index is -1.37. The van der Waals surface area contributed by atoms with Gasteiger partial charge in [-0.1, -0.05) is 41.5 Å². The molecule has 0 aliphatic rings. The fraction of sp³-hybridized carbons (Fsp3) is 1.00. The van der Waals surface area contributed by atoms with E-state index in [4.69, 9.17) is 8.85 Å². The van der Waals surface area contributed by atoms with Crippen molar-refractivity contribution in [2.75, 3.05) is 13.2 Å². The van der Waals surface area contributed by atoms with Crippen LogP contribution in [0.5, 0.6) is 0 Å². The Bertz CT molecular complexity index is 186. The highest BCUT2D eigenvalue weighted by atomic mass is 28.4. The van der Waals surface area contributed by atoms with E-state index in [0.717, 1.165) is 26.1 Å². The molecule has 4 heteroatoms. The summed E-state index contributed by atoms with van der Waals surface area (Å²) in [5, 5.41) is 0. The molecule has 0 spiro atoms. The van der Waals surface area contributed by atoms with Gasteiger partial charge in [0, 0.05) is 13.2 Å². The normalized spacial score (nSPS) is 12.9. The van der Waals surface area contributed by atoms with Crippen LogP contribution >= 0.6 is 0 Å². The van der Waals surface area contributed by atoms with Gasteiger partial charge in [0.2, 0.25) is 0 Å². The van der Waals surface area contributed by atoms with Crippen LogP contribution in [0.2, 0.25) is 36.3 Å². The van der Waals surface area contributed by atoms with Gasteiger partial charge in [0.05, 0.1) is 0 Å². The molecule has 2 nitrogen and oxygen atoms in total. The molecular formula is C16H38O2Si2. The van der Waals surface area contributed by atoms with Crippen LogP contribution in [0, 0.1) is 0 Å². The molecular weight excluding hydrogens is 280 g/mol. The number of unbranched alkanes of at least 4 members (excludes halogenated alkanes) is 1. The van der Waals surface area contributed by atoms with Crippen molar-refractivity contribution in [3.8, 4) is 0 Å². The maximum absolute atomic E-state index is 6.28. The van der Waals surface area contributed by atoms with Crippen LogP contribution in [0.15, 0.2) is 0 Å². The van der Waals surface area contributed by atoms with Gasteiger partial charge in [0.25, 0.3) is 0 Å². The molecule has 0 bridgehead atoms. The minimum absolute atomic E-state index is 0.948. The van der Waals surface area contributed by atoms with Crippen molar-refractivity contribution in [1.29, 1.82) is 0 Å². The topological polar surface area (TPSA) is 18.5 Å². The summed E-state index contributed by atoms with van der Waals surface area (Å²) in [4.78, 5) is 0. The maximum atomic E-state index is 6.28. The zero-order chi connectivity index (χ0) is 15.5. The van der Waals surface area contributed by atoms with E-state index in [1.165, 1.54) is 36.3 Å². The smallest absolute Gasteiger partial charge is 0.191 e. The molecule has 0 unspecified atom stereocenters. The first-order valence-corrected chi connectivity index (χ1v) is 13.9. The molecule has 0 aliphatic heterocycles. The van der Waals surface area contributed by atoms with Gasteiger partial charge in [-0.15, -0.1) is 0 Å². The van der Waals surface area contributed by atoms with Crippen molar-refractivity contribution in [3.63, 3.8) is 0 Å². The Labute approximate surface area is 129 Å². The van der Waals surface area contributed by atoms with Crippen LogP contribution in [0.3, 0.4) is 0 Å². The van der Waals surface area contributed by atoms with Gasteiger partial charge in [-0.2, -0.15) is 0 Å². The largest absolute Gasteiger partial charge is 0.417 e. The molecule has 0 atom stereocenters. The van der Waals surface area contributed by atoms with Gasteiger partial charge in [0.15, 0.2) is 16.6 Å². The molecule has 0 rings (SSSR count). The average molecular weight is 319 g/mol. The van der Waals surface area contributed by atoms with Crippen molar-refractivity contribution in [1.82, 2.24) is 0 Å². The Balaban J connectivity index is 3.87. The summed E-state index contributed by atoms with van der Waals surface area (Å²) in [5.41, 5.74) is 0. The third kappa shape index (κ3) is 6.41. The first kappa shape index (κ1) is 20.4. The van der Waals surface area contributed by atoms with Gasteiger partial charge in [-0.05, 0) is 49.1 Å². The third-order valence-corrected chi connectivity index (χ3v) is 14.6. The number of hydrogen-bond acceptors (Lipinski definition) is 2. The standard InChI is InChI=1S/C16H38O2Si2/c1-7-19(8-2,9-3)17-15-13-14-16-18-20(10-4,11-5)12-6/h7-16H2,1-6H3. The first-order valence-electron chi connectivity index (χ1n) is 8.85. The zero-order valence-corrected chi connectivity index (χ0v) is 16.9. The average Bonchev–Trinajstić information content (AvgIpc) is 2.52. The predicted octanol–water partition coefficient (Wildman–Crippen LogP) is 5.81. The predicted molar refractivity (Wildman–Crippen MR) is 95.5 cm³/mol. The summed E-state index contributed by atoms with van der Waals surface area (Å²) < 4.78 is 12.6. The van der Waals surface area contributed by atoms with Gasteiger partial charge < -0.3 is 8.85 Å². The Morgan fingerprint density at radius 2 is 0.750 bits per heavy atom. The molecule has 0 saturated carbocycles. The first-order chi connectivity index (χ1) is 9.57. The van der Waals surface area contributed by atoms with Gasteiger partial charge >= 0.3 is 0 Å². The molecule has 0 fully saturated rings. The maximum Gasteiger partial charge on any atom is 0.191 e. The molecule has 0 aromatic rings. The van der Waals surface area contributed by atoms with Crippen molar-refractivity contribution in [3.05, 3.63) is 0 Å². The van der Waals surface area contributed by atoms with Gasteiger partial charge in [-0.25, -0.2) is 0 Å². The van der Waals surface area contributed by atoms with Crippen LogP contribution in [-0.2, 0) is 8.85 Å². The third-order valence-electron chi connectivity index (χ3n) is 5.22. The minimum Gasteiger partial charge on any atom is -0.417 e. The monoisotopic (exact) mass is 318 g/mol. The lowest BCUT2D eigenvalue weighted by Gasteiger charge is -2.29. The Morgan fingerprint density at radius 1 is 0.500 bits per heavy atom. The second-order valence-electron chi connectivity index (χ2n) is 5.89. The molecule has 0 aromatic heterocycles. The molecule has 0 heterocycles. The summed E-state index contributed by atoms with van der Waals surface area (Å²) in [6, 6.07) is 7.55. The van der Waals surface area contributed by atoms with E-state index in [1.54, 1.807) is 0 Å². The molecule has 0 aromatic carbocycles. The molecule has 0 amide bonds. The van der Waals surface area contributed by atoms with Crippen molar-refractivity contribution in [2.45, 2.75) is 90.6 Å². The van der Waals surface area contributed by atoms with Crippen molar-refractivity contribution < 1.29 is 8.85 Å². The highest BCUT2D eigenvalue weighted by Gasteiger charge is 2.29. The van der Waals surface area contributed by atoms with Crippen LogP contribution in [0.1, 0.15) is 54.4 Å². The fourth-order valence-corrected chi connectivity index (χ4v) is 8.27. The van der Waals surface area contributed by atoms with Crippen molar-refractivity contribution in [2.24, 2.45) is 0 Å². The summed E-state index contributed by atoms with van der Waals surface area (Å²) in [7, 11) is -2.73. The molecule has 20 heavy (non-hydrogen) atoms. The molecule has 0 N–H and O–H groups in total. The lowest BCUT2D eigenvalue weighted by Crippen LogP contribution is -2.37. The lowest BCUT2D eigenvalue weighted by atomic mass is 10.3. The van der Waals surface area contributed by atoms with Crippen LogP contribution < -0.4 is 0 Å². The summed E-state index contributed by atoms with van der Waals surface area (Å²) in [5.74, 6) is 0. The van der Waals surface area contributed by atoms with Gasteiger partial charge in [0.1, 0.15) is 0 Å². The Kier molecular flexibility index (Phi) is 11.2. The SMILES string of the molecule is CC[Si](CC)(CC)OCCCCO[Si](CC)(CC)CC. The van der Waals surface area contributed by atoms with Crippen LogP contribution in [0.25, 0.3) is 0 Å². The quantitative estimate of drug-likeness (QED) is 0.315. The lowest BCUT2D eigenvalue weighted by molar-refractivity contribution is 0.250. The van der Waals surface area contributed by atoms with E-state index in [-0.39, 0.29) is 0 Å². The number of rotatable bonds is 13. The van der Waals surface area contributed by atoms with E-state index in [0.29, 0.717) is 0 Å². The Morgan fingerprint density at radius 3 is 0.950 bits per heavy atom. The van der Waals surface area contributed by atoms with Crippen LogP contribution in [-0.4, -0.2) is 29.8 Å². The number of hydrogen-bond donors (Lipinski definition) is 0. The Hall–Kier alpha value is 0.354. The second-order valence-corrected chi connectivity index (χ2v) is 15.4. The van der Waals surface area contributed by atoms with E-state index < -0.39 is 16.6 Å². The summed E-state index contributed by atoms with van der Waals surface area (Å²) >= 11 is 0. The molecule has 0 saturated heterocycles. The molecule has 0 aliphatic carbocycles.